The lowest BCUT2D eigenvalue weighted by atomic mass is 10.0. The fourth-order valence-corrected chi connectivity index (χ4v) is 3.71. The van der Waals surface area contributed by atoms with Crippen molar-refractivity contribution in [2.45, 2.75) is 25.3 Å². The van der Waals surface area contributed by atoms with Crippen LogP contribution >= 0.6 is 11.6 Å². The van der Waals surface area contributed by atoms with Crippen molar-refractivity contribution in [3.8, 4) is 0 Å². The van der Waals surface area contributed by atoms with Crippen molar-refractivity contribution in [1.29, 1.82) is 0 Å². The molecule has 0 bridgehead atoms. The van der Waals surface area contributed by atoms with Crippen LogP contribution in [-0.4, -0.2) is 58.3 Å². The summed E-state index contributed by atoms with van der Waals surface area (Å²) in [4.78, 5) is 31.9. The highest BCUT2D eigenvalue weighted by Crippen LogP contribution is 2.26. The third kappa shape index (κ3) is 4.85. The van der Waals surface area contributed by atoms with Gasteiger partial charge >= 0.3 is 0 Å². The number of rotatable bonds is 6. The number of nitro benzene ring substituents is 1. The first-order valence-corrected chi connectivity index (χ1v) is 9.67. The number of aromatic nitrogens is 1. The Morgan fingerprint density at radius 3 is 2.71 bits per heavy atom. The lowest BCUT2D eigenvalue weighted by Crippen LogP contribution is -2.46. The number of nitro groups is 1. The first-order valence-electron chi connectivity index (χ1n) is 9.29. The molecule has 2 heterocycles. The molecule has 28 heavy (non-hydrogen) atoms. The van der Waals surface area contributed by atoms with Crippen LogP contribution in [0.1, 0.15) is 28.9 Å². The van der Waals surface area contributed by atoms with E-state index in [4.69, 9.17) is 11.6 Å². The summed E-state index contributed by atoms with van der Waals surface area (Å²) in [6.45, 7) is 2.71. The number of hydrogen-bond acceptors (Lipinski definition) is 5. The molecule has 1 aliphatic rings. The minimum atomic E-state index is -0.562. The van der Waals surface area contributed by atoms with Gasteiger partial charge in [0, 0.05) is 62.1 Å². The standard InChI is InChI=1S/C20H23ClN4O3/c1-23(20(26)18-6-5-15(21)14-19(18)25(27)28)17-8-12-24(13-9-17)11-7-16-4-2-3-10-22-16/h2-6,10,14,17H,7-9,11-13H2,1H3. The van der Waals surface area contributed by atoms with Crippen molar-refractivity contribution >= 4 is 23.2 Å². The molecular weight excluding hydrogens is 380 g/mol. The zero-order chi connectivity index (χ0) is 20.1. The Balaban J connectivity index is 1.57. The molecule has 1 saturated heterocycles. The molecular formula is C20H23ClN4O3. The minimum Gasteiger partial charge on any atom is -0.338 e. The Labute approximate surface area is 169 Å². The van der Waals surface area contributed by atoms with E-state index in [1.165, 1.54) is 18.2 Å². The second kappa shape index (κ2) is 9.12. The topological polar surface area (TPSA) is 79.6 Å². The summed E-state index contributed by atoms with van der Waals surface area (Å²) in [5.41, 5.74) is 0.901. The normalized spacial score (nSPS) is 15.4. The van der Waals surface area contributed by atoms with Gasteiger partial charge in [0.05, 0.1) is 4.92 Å². The summed E-state index contributed by atoms with van der Waals surface area (Å²) < 4.78 is 0. The van der Waals surface area contributed by atoms with Crippen molar-refractivity contribution in [3.05, 3.63) is 69.0 Å². The van der Waals surface area contributed by atoms with Gasteiger partial charge in [-0.1, -0.05) is 17.7 Å². The van der Waals surface area contributed by atoms with Gasteiger partial charge in [-0.25, -0.2) is 0 Å². The van der Waals surface area contributed by atoms with Crippen LogP contribution < -0.4 is 0 Å². The summed E-state index contributed by atoms with van der Waals surface area (Å²) in [6, 6.07) is 10.2. The maximum atomic E-state index is 12.8. The highest BCUT2D eigenvalue weighted by molar-refractivity contribution is 6.31. The maximum absolute atomic E-state index is 12.8. The van der Waals surface area contributed by atoms with E-state index in [2.05, 4.69) is 9.88 Å². The van der Waals surface area contributed by atoms with Crippen LogP contribution in [0.15, 0.2) is 42.6 Å². The van der Waals surface area contributed by atoms with E-state index in [9.17, 15) is 14.9 Å². The molecule has 1 aromatic carbocycles. The van der Waals surface area contributed by atoms with Gasteiger partial charge in [-0.05, 0) is 37.1 Å². The average Bonchev–Trinajstić information content (AvgIpc) is 2.72. The predicted octanol–water partition coefficient (Wildman–Crippen LogP) is 3.42. The highest BCUT2D eigenvalue weighted by Gasteiger charge is 2.29. The summed E-state index contributed by atoms with van der Waals surface area (Å²) in [7, 11) is 1.72. The Bertz CT molecular complexity index is 839. The van der Waals surface area contributed by atoms with E-state index >= 15 is 0 Å². The Morgan fingerprint density at radius 1 is 1.32 bits per heavy atom. The van der Waals surface area contributed by atoms with Gasteiger partial charge in [0.15, 0.2) is 0 Å². The number of carbonyl (C=O) groups is 1. The third-order valence-electron chi connectivity index (χ3n) is 5.22. The number of halogens is 1. The summed E-state index contributed by atoms with van der Waals surface area (Å²) in [6.07, 6.45) is 4.38. The number of likely N-dealkylation sites (tertiary alicyclic amines) is 1. The molecule has 0 radical (unpaired) electrons. The smallest absolute Gasteiger partial charge is 0.283 e. The number of nitrogens with zero attached hydrogens (tertiary/aromatic N) is 4. The van der Waals surface area contributed by atoms with E-state index < -0.39 is 4.92 Å². The van der Waals surface area contributed by atoms with Gasteiger partial charge < -0.3 is 9.80 Å². The molecule has 1 aliphatic heterocycles. The lowest BCUT2D eigenvalue weighted by Gasteiger charge is -2.36. The van der Waals surface area contributed by atoms with Crippen LogP contribution in [0.25, 0.3) is 0 Å². The maximum Gasteiger partial charge on any atom is 0.283 e. The Hall–Kier alpha value is -2.51. The molecule has 1 amide bonds. The molecule has 8 heteroatoms. The number of benzene rings is 1. The van der Waals surface area contributed by atoms with Gasteiger partial charge in [0.25, 0.3) is 11.6 Å². The molecule has 0 spiro atoms. The number of piperidine rings is 1. The minimum absolute atomic E-state index is 0.0638. The molecule has 3 rings (SSSR count). The Kier molecular flexibility index (Phi) is 6.59. The SMILES string of the molecule is CN(C(=O)c1ccc(Cl)cc1[N+](=O)[O-])C1CCN(CCc2ccccn2)CC1. The zero-order valence-electron chi connectivity index (χ0n) is 15.8. The van der Waals surface area contributed by atoms with Crippen molar-refractivity contribution in [3.63, 3.8) is 0 Å². The molecule has 0 unspecified atom stereocenters. The predicted molar refractivity (Wildman–Crippen MR) is 108 cm³/mol. The molecule has 2 aromatic rings. The Morgan fingerprint density at radius 2 is 2.07 bits per heavy atom. The van der Waals surface area contributed by atoms with Gasteiger partial charge in [0.1, 0.15) is 5.56 Å². The average molecular weight is 403 g/mol. The molecule has 1 aromatic heterocycles. The second-order valence-corrected chi connectivity index (χ2v) is 7.41. The fourth-order valence-electron chi connectivity index (χ4n) is 3.54. The molecule has 0 N–H and O–H groups in total. The van der Waals surface area contributed by atoms with Crippen molar-refractivity contribution in [2.24, 2.45) is 0 Å². The highest BCUT2D eigenvalue weighted by atomic mass is 35.5. The molecule has 0 saturated carbocycles. The van der Waals surface area contributed by atoms with Crippen molar-refractivity contribution < 1.29 is 9.72 Å². The molecule has 1 fully saturated rings. The number of carbonyl (C=O) groups excluding carboxylic acids is 1. The summed E-state index contributed by atoms with van der Waals surface area (Å²) in [5, 5.41) is 11.5. The molecule has 7 nitrogen and oxygen atoms in total. The number of pyridine rings is 1. The fraction of sp³-hybridized carbons (Fsp3) is 0.400. The molecule has 148 valence electrons. The van der Waals surface area contributed by atoms with Crippen molar-refractivity contribution in [1.82, 2.24) is 14.8 Å². The van der Waals surface area contributed by atoms with Crippen LogP contribution in [0.2, 0.25) is 5.02 Å². The van der Waals surface area contributed by atoms with E-state index in [0.717, 1.165) is 44.6 Å². The van der Waals surface area contributed by atoms with Crippen LogP contribution in [-0.2, 0) is 6.42 Å². The number of hydrogen-bond donors (Lipinski definition) is 0. The third-order valence-corrected chi connectivity index (χ3v) is 5.46. The number of amides is 1. The van der Waals surface area contributed by atoms with E-state index in [1.807, 2.05) is 18.2 Å². The summed E-state index contributed by atoms with van der Waals surface area (Å²) in [5.74, 6) is -0.338. The first-order chi connectivity index (χ1) is 13.5. The van der Waals surface area contributed by atoms with Crippen LogP contribution in [0.3, 0.4) is 0 Å². The first kappa shape index (κ1) is 20.2. The van der Waals surface area contributed by atoms with Crippen LogP contribution in [0, 0.1) is 10.1 Å². The lowest BCUT2D eigenvalue weighted by molar-refractivity contribution is -0.385. The van der Waals surface area contributed by atoms with E-state index in [0.29, 0.717) is 0 Å². The second-order valence-electron chi connectivity index (χ2n) is 6.98. The molecule has 0 aliphatic carbocycles. The van der Waals surface area contributed by atoms with E-state index in [1.54, 1.807) is 18.1 Å². The monoisotopic (exact) mass is 402 g/mol. The van der Waals surface area contributed by atoms with Gasteiger partial charge in [-0.3, -0.25) is 19.9 Å². The van der Waals surface area contributed by atoms with Gasteiger partial charge in [-0.2, -0.15) is 0 Å². The quantitative estimate of drug-likeness (QED) is 0.546. The van der Waals surface area contributed by atoms with Crippen LogP contribution in [0.5, 0.6) is 0 Å². The summed E-state index contributed by atoms with van der Waals surface area (Å²) >= 11 is 5.84. The van der Waals surface area contributed by atoms with Gasteiger partial charge in [-0.15, -0.1) is 0 Å². The largest absolute Gasteiger partial charge is 0.338 e. The van der Waals surface area contributed by atoms with Gasteiger partial charge in [0.2, 0.25) is 0 Å². The zero-order valence-corrected chi connectivity index (χ0v) is 16.5. The van der Waals surface area contributed by atoms with E-state index in [-0.39, 0.29) is 28.2 Å². The molecule has 0 atom stereocenters. The van der Waals surface area contributed by atoms with Crippen LogP contribution in [0.4, 0.5) is 5.69 Å². The van der Waals surface area contributed by atoms with Crippen molar-refractivity contribution in [2.75, 3.05) is 26.7 Å².